The second-order valence-electron chi connectivity index (χ2n) is 5.30. The number of nitrogens with one attached hydrogen (secondary N) is 1. The van der Waals surface area contributed by atoms with Crippen LogP contribution >= 0.6 is 0 Å². The highest BCUT2D eigenvalue weighted by atomic mass is 14.9. The molecule has 0 bridgehead atoms. The zero-order valence-corrected chi connectivity index (χ0v) is 10.7. The lowest BCUT2D eigenvalue weighted by Gasteiger charge is -2.18. The van der Waals surface area contributed by atoms with Gasteiger partial charge in [0.05, 0.1) is 0 Å². The van der Waals surface area contributed by atoms with Crippen LogP contribution in [0.3, 0.4) is 0 Å². The SMILES string of the molecule is CC(C)NCC(C)C1C=CC(C(C)C)=C1. The fraction of sp³-hybridized carbons (Fsp3) is 0.714. The fourth-order valence-electron chi connectivity index (χ4n) is 1.85. The Hall–Kier alpha value is -0.560. The minimum atomic E-state index is 0.589. The Morgan fingerprint density at radius 1 is 1.20 bits per heavy atom. The van der Waals surface area contributed by atoms with E-state index in [1.807, 2.05) is 0 Å². The Kier molecular flexibility index (Phi) is 4.59. The van der Waals surface area contributed by atoms with Crippen LogP contribution in [0.15, 0.2) is 23.8 Å². The zero-order chi connectivity index (χ0) is 11.4. The van der Waals surface area contributed by atoms with Crippen molar-refractivity contribution in [1.29, 1.82) is 0 Å². The van der Waals surface area contributed by atoms with E-state index < -0.39 is 0 Å². The molecule has 15 heavy (non-hydrogen) atoms. The molecule has 0 aromatic carbocycles. The monoisotopic (exact) mass is 207 g/mol. The average molecular weight is 207 g/mol. The van der Waals surface area contributed by atoms with Crippen molar-refractivity contribution < 1.29 is 0 Å². The maximum Gasteiger partial charge on any atom is 0.00104 e. The maximum absolute atomic E-state index is 3.50. The van der Waals surface area contributed by atoms with E-state index in [1.54, 1.807) is 0 Å². The Balaban J connectivity index is 2.43. The van der Waals surface area contributed by atoms with Gasteiger partial charge in [-0.25, -0.2) is 0 Å². The molecule has 0 saturated carbocycles. The second-order valence-corrected chi connectivity index (χ2v) is 5.30. The van der Waals surface area contributed by atoms with Gasteiger partial charge in [-0.2, -0.15) is 0 Å². The van der Waals surface area contributed by atoms with Crippen LogP contribution in [0, 0.1) is 17.8 Å². The van der Waals surface area contributed by atoms with Crippen molar-refractivity contribution in [1.82, 2.24) is 5.32 Å². The fourth-order valence-corrected chi connectivity index (χ4v) is 1.85. The summed E-state index contributed by atoms with van der Waals surface area (Å²) in [5, 5.41) is 3.50. The van der Waals surface area contributed by atoms with Crippen molar-refractivity contribution in [2.75, 3.05) is 6.54 Å². The average Bonchev–Trinajstić information content (AvgIpc) is 2.62. The van der Waals surface area contributed by atoms with Gasteiger partial charge in [-0.3, -0.25) is 0 Å². The van der Waals surface area contributed by atoms with Gasteiger partial charge in [-0.05, 0) is 29.9 Å². The summed E-state index contributed by atoms with van der Waals surface area (Å²) in [5.41, 5.74) is 1.50. The molecule has 2 atom stereocenters. The van der Waals surface area contributed by atoms with Gasteiger partial charge in [0, 0.05) is 6.04 Å². The molecule has 1 aliphatic carbocycles. The summed E-state index contributed by atoms with van der Waals surface area (Å²) in [5.74, 6) is 1.99. The number of allylic oxidation sites excluding steroid dienone is 4. The van der Waals surface area contributed by atoms with E-state index in [0.29, 0.717) is 23.8 Å². The first-order valence-electron chi connectivity index (χ1n) is 6.14. The Morgan fingerprint density at radius 3 is 2.33 bits per heavy atom. The number of hydrogen-bond acceptors (Lipinski definition) is 1. The van der Waals surface area contributed by atoms with Gasteiger partial charge >= 0.3 is 0 Å². The molecule has 86 valence electrons. The van der Waals surface area contributed by atoms with Gasteiger partial charge < -0.3 is 5.32 Å². The summed E-state index contributed by atoms with van der Waals surface area (Å²) in [7, 11) is 0. The molecule has 0 radical (unpaired) electrons. The van der Waals surface area contributed by atoms with Crippen LogP contribution in [-0.2, 0) is 0 Å². The number of rotatable bonds is 5. The third-order valence-corrected chi connectivity index (χ3v) is 3.07. The van der Waals surface area contributed by atoms with E-state index >= 15 is 0 Å². The molecule has 0 heterocycles. The third-order valence-electron chi connectivity index (χ3n) is 3.07. The predicted octanol–water partition coefficient (Wildman–Crippen LogP) is 3.39. The molecule has 2 unspecified atom stereocenters. The van der Waals surface area contributed by atoms with Crippen molar-refractivity contribution in [2.45, 2.75) is 40.7 Å². The highest BCUT2D eigenvalue weighted by Crippen LogP contribution is 2.27. The normalized spacial score (nSPS) is 22.6. The summed E-state index contributed by atoms with van der Waals surface area (Å²) in [6.07, 6.45) is 7.07. The molecule has 1 N–H and O–H groups in total. The van der Waals surface area contributed by atoms with Crippen molar-refractivity contribution >= 4 is 0 Å². The molecule has 0 amide bonds. The Bertz CT molecular complexity index is 248. The van der Waals surface area contributed by atoms with Crippen LogP contribution in [0.5, 0.6) is 0 Å². The summed E-state index contributed by atoms with van der Waals surface area (Å²) in [6.45, 7) is 12.4. The highest BCUT2D eigenvalue weighted by Gasteiger charge is 2.17. The lowest BCUT2D eigenvalue weighted by atomic mass is 9.94. The van der Waals surface area contributed by atoms with Gasteiger partial charge in [-0.15, -0.1) is 0 Å². The van der Waals surface area contributed by atoms with Crippen LogP contribution in [-0.4, -0.2) is 12.6 Å². The van der Waals surface area contributed by atoms with Gasteiger partial charge in [-0.1, -0.05) is 52.8 Å². The minimum Gasteiger partial charge on any atom is -0.314 e. The third kappa shape index (κ3) is 3.83. The van der Waals surface area contributed by atoms with Gasteiger partial charge in [0.25, 0.3) is 0 Å². The quantitative estimate of drug-likeness (QED) is 0.728. The van der Waals surface area contributed by atoms with Crippen molar-refractivity contribution in [3.05, 3.63) is 23.8 Å². The summed E-state index contributed by atoms with van der Waals surface area (Å²) in [6, 6.07) is 0.589. The Morgan fingerprint density at radius 2 is 1.87 bits per heavy atom. The summed E-state index contributed by atoms with van der Waals surface area (Å²) < 4.78 is 0. The maximum atomic E-state index is 3.50. The van der Waals surface area contributed by atoms with Crippen molar-refractivity contribution in [2.24, 2.45) is 17.8 Å². The highest BCUT2D eigenvalue weighted by molar-refractivity contribution is 5.30. The molecular weight excluding hydrogens is 182 g/mol. The molecule has 1 heteroatoms. The van der Waals surface area contributed by atoms with Crippen LogP contribution in [0.2, 0.25) is 0 Å². The molecule has 0 aliphatic heterocycles. The molecule has 0 aromatic rings. The lowest BCUT2D eigenvalue weighted by Crippen LogP contribution is -2.30. The molecule has 0 fully saturated rings. The molecule has 1 aliphatic rings. The second kappa shape index (κ2) is 5.50. The first kappa shape index (κ1) is 12.5. The van der Waals surface area contributed by atoms with E-state index in [2.05, 4.69) is 58.2 Å². The topological polar surface area (TPSA) is 12.0 Å². The van der Waals surface area contributed by atoms with Crippen molar-refractivity contribution in [3.8, 4) is 0 Å². The standard InChI is InChI=1S/C14H25N/c1-10(2)13-6-7-14(8-13)12(5)9-15-11(3)4/h6-8,10-12,14-15H,9H2,1-5H3. The predicted molar refractivity (Wildman–Crippen MR) is 67.9 cm³/mol. The minimum absolute atomic E-state index is 0.589. The van der Waals surface area contributed by atoms with E-state index in [-0.39, 0.29) is 0 Å². The van der Waals surface area contributed by atoms with Crippen LogP contribution < -0.4 is 5.32 Å². The summed E-state index contributed by atoms with van der Waals surface area (Å²) in [4.78, 5) is 0. The van der Waals surface area contributed by atoms with Crippen LogP contribution in [0.4, 0.5) is 0 Å². The molecule has 0 saturated heterocycles. The van der Waals surface area contributed by atoms with Crippen molar-refractivity contribution in [3.63, 3.8) is 0 Å². The van der Waals surface area contributed by atoms with E-state index in [9.17, 15) is 0 Å². The molecular formula is C14H25N. The molecule has 0 spiro atoms. The van der Waals surface area contributed by atoms with E-state index in [0.717, 1.165) is 6.54 Å². The summed E-state index contributed by atoms with van der Waals surface area (Å²) >= 11 is 0. The largest absolute Gasteiger partial charge is 0.314 e. The Labute approximate surface area is 94.6 Å². The molecule has 0 aromatic heterocycles. The zero-order valence-electron chi connectivity index (χ0n) is 10.7. The molecule has 1 rings (SSSR count). The van der Waals surface area contributed by atoms with Gasteiger partial charge in [0.1, 0.15) is 0 Å². The first-order chi connectivity index (χ1) is 7.00. The van der Waals surface area contributed by atoms with Crippen LogP contribution in [0.1, 0.15) is 34.6 Å². The smallest absolute Gasteiger partial charge is 0.00104 e. The van der Waals surface area contributed by atoms with Gasteiger partial charge in [0.2, 0.25) is 0 Å². The van der Waals surface area contributed by atoms with Crippen LogP contribution in [0.25, 0.3) is 0 Å². The lowest BCUT2D eigenvalue weighted by molar-refractivity contribution is 0.433. The van der Waals surface area contributed by atoms with Gasteiger partial charge in [0.15, 0.2) is 0 Å². The van der Waals surface area contributed by atoms with E-state index in [1.165, 1.54) is 5.57 Å². The number of hydrogen-bond donors (Lipinski definition) is 1. The molecule has 1 nitrogen and oxygen atoms in total. The van der Waals surface area contributed by atoms with E-state index in [4.69, 9.17) is 0 Å². The first-order valence-corrected chi connectivity index (χ1v) is 6.14.